The Balaban J connectivity index is 1.94. The number of anilines is 1. The molecule has 2 unspecified atom stereocenters. The Bertz CT molecular complexity index is 1310. The van der Waals surface area contributed by atoms with Crippen LogP contribution < -0.4 is 21.7 Å². The molecule has 0 spiro atoms. The highest BCUT2D eigenvalue weighted by Gasteiger charge is 2.39. The van der Waals surface area contributed by atoms with E-state index in [0.29, 0.717) is 44.3 Å². The lowest BCUT2D eigenvalue weighted by Gasteiger charge is -2.24. The second-order valence-corrected chi connectivity index (χ2v) is 13.8. The van der Waals surface area contributed by atoms with Gasteiger partial charge in [0.05, 0.1) is 12.0 Å². The standard InChI is InChI=1S/C36H55N5O8/c1-22(2)28-20-31(44)41(34(28)46)18-9-7-8-12-30(43)40-32(23(3)4)29(42)19-26(11-10-17-38-36(37)48)33(45)39-27-15-13-25(14-16-27)21-49-35(47)24(5)6/h13-16,22-24,26,28,32H,7-12,17-21H2,1-6H3,(H,39,45)(H,40,43)(H3,37,38,48)/t26?,28?,32-/m0/s1. The number of amides is 6. The first-order valence-corrected chi connectivity index (χ1v) is 17.4. The summed E-state index contributed by atoms with van der Waals surface area (Å²) >= 11 is 0. The molecule has 1 aliphatic heterocycles. The van der Waals surface area contributed by atoms with Gasteiger partial charge >= 0.3 is 12.0 Å². The number of rotatable bonds is 21. The van der Waals surface area contributed by atoms with Crippen LogP contribution in [0.15, 0.2) is 24.3 Å². The maximum atomic E-state index is 13.5. The number of benzene rings is 1. The molecule has 13 heteroatoms. The third-order valence-corrected chi connectivity index (χ3v) is 8.62. The van der Waals surface area contributed by atoms with Crippen LogP contribution in [0.2, 0.25) is 0 Å². The molecule has 1 fully saturated rings. The van der Waals surface area contributed by atoms with Gasteiger partial charge in [-0.15, -0.1) is 0 Å². The summed E-state index contributed by atoms with van der Waals surface area (Å²) in [7, 11) is 0. The Kier molecular flexibility index (Phi) is 16.9. The SMILES string of the molecule is CC(C)C(=O)OCc1ccc(NC(=O)C(CCCNC(N)=O)CC(=O)[C@@H](NC(=O)CCCCCN2C(=O)CC(C(C)C)C2=O)C(C)C)cc1. The van der Waals surface area contributed by atoms with Gasteiger partial charge in [-0.1, -0.05) is 60.1 Å². The van der Waals surface area contributed by atoms with E-state index in [1.54, 1.807) is 38.1 Å². The highest BCUT2D eigenvalue weighted by atomic mass is 16.5. The minimum absolute atomic E-state index is 0.108. The molecule has 3 atom stereocenters. The Hall–Kier alpha value is -4.29. The molecular formula is C36H55N5O8. The molecule has 2 rings (SSSR count). The minimum atomic E-state index is -0.799. The predicted molar refractivity (Wildman–Crippen MR) is 185 cm³/mol. The molecule has 0 radical (unpaired) electrons. The Morgan fingerprint density at radius 3 is 2.18 bits per heavy atom. The topological polar surface area (TPSA) is 194 Å². The first-order chi connectivity index (χ1) is 23.1. The molecule has 0 bridgehead atoms. The summed E-state index contributed by atoms with van der Waals surface area (Å²) in [6.07, 6.45) is 2.78. The lowest BCUT2D eigenvalue weighted by Crippen LogP contribution is -2.45. The number of ketones is 1. The summed E-state index contributed by atoms with van der Waals surface area (Å²) in [6.45, 7) is 11.7. The van der Waals surface area contributed by atoms with Gasteiger partial charge in [0, 0.05) is 49.9 Å². The van der Waals surface area contributed by atoms with Crippen molar-refractivity contribution in [2.24, 2.45) is 35.3 Å². The van der Waals surface area contributed by atoms with Crippen molar-refractivity contribution in [2.45, 2.75) is 106 Å². The number of nitrogens with one attached hydrogen (secondary N) is 3. The van der Waals surface area contributed by atoms with Gasteiger partial charge < -0.3 is 26.4 Å². The molecular weight excluding hydrogens is 630 g/mol. The van der Waals surface area contributed by atoms with Gasteiger partial charge in [0.15, 0.2) is 5.78 Å². The van der Waals surface area contributed by atoms with Crippen LogP contribution in [0.4, 0.5) is 10.5 Å². The highest BCUT2D eigenvalue weighted by Crippen LogP contribution is 2.27. The average Bonchev–Trinajstić information content (AvgIpc) is 3.32. The average molecular weight is 686 g/mol. The molecule has 0 aliphatic carbocycles. The molecule has 272 valence electrons. The molecule has 1 aromatic carbocycles. The number of imide groups is 1. The summed E-state index contributed by atoms with van der Waals surface area (Å²) in [5, 5.41) is 8.18. The number of urea groups is 1. The number of ether oxygens (including phenoxy) is 1. The van der Waals surface area contributed by atoms with Crippen LogP contribution in [0, 0.1) is 29.6 Å². The van der Waals surface area contributed by atoms with Gasteiger partial charge in [0.1, 0.15) is 6.61 Å². The molecule has 1 aliphatic rings. The fraction of sp³-hybridized carbons (Fsp3) is 0.639. The number of hydrogen-bond acceptors (Lipinski definition) is 8. The van der Waals surface area contributed by atoms with Crippen LogP contribution in [0.25, 0.3) is 0 Å². The monoisotopic (exact) mass is 685 g/mol. The number of Topliss-reactive ketones (excluding diaryl/α,β-unsaturated/α-hetero) is 1. The largest absolute Gasteiger partial charge is 0.461 e. The van der Waals surface area contributed by atoms with Crippen molar-refractivity contribution < 1.29 is 38.3 Å². The molecule has 6 amide bonds. The van der Waals surface area contributed by atoms with Crippen molar-refractivity contribution in [3.8, 4) is 0 Å². The quantitative estimate of drug-likeness (QED) is 0.0844. The molecule has 0 saturated carbocycles. The van der Waals surface area contributed by atoms with E-state index in [4.69, 9.17) is 10.5 Å². The van der Waals surface area contributed by atoms with E-state index in [1.165, 1.54) is 4.90 Å². The van der Waals surface area contributed by atoms with E-state index in [2.05, 4.69) is 16.0 Å². The van der Waals surface area contributed by atoms with Crippen molar-refractivity contribution in [3.05, 3.63) is 29.8 Å². The molecule has 5 N–H and O–H groups in total. The summed E-state index contributed by atoms with van der Waals surface area (Å²) < 4.78 is 5.24. The van der Waals surface area contributed by atoms with E-state index in [-0.39, 0.29) is 91.5 Å². The van der Waals surface area contributed by atoms with Gasteiger partial charge in [-0.2, -0.15) is 0 Å². The maximum Gasteiger partial charge on any atom is 0.312 e. The maximum absolute atomic E-state index is 13.5. The normalized spacial score (nSPS) is 15.8. The van der Waals surface area contributed by atoms with Gasteiger partial charge in [-0.05, 0) is 55.2 Å². The van der Waals surface area contributed by atoms with Gasteiger partial charge in [0.2, 0.25) is 23.6 Å². The number of primary amides is 1. The summed E-state index contributed by atoms with van der Waals surface area (Å²) in [4.78, 5) is 88.7. The van der Waals surface area contributed by atoms with Crippen LogP contribution in [0.3, 0.4) is 0 Å². The molecule has 49 heavy (non-hydrogen) atoms. The first-order valence-electron chi connectivity index (χ1n) is 17.4. The van der Waals surface area contributed by atoms with Crippen molar-refractivity contribution in [2.75, 3.05) is 18.4 Å². The predicted octanol–water partition coefficient (Wildman–Crippen LogP) is 4.08. The number of nitrogens with zero attached hydrogens (tertiary/aromatic N) is 1. The molecule has 0 aromatic heterocycles. The van der Waals surface area contributed by atoms with E-state index in [0.717, 1.165) is 5.56 Å². The number of nitrogens with two attached hydrogens (primary N) is 1. The van der Waals surface area contributed by atoms with Gasteiger partial charge in [0.25, 0.3) is 0 Å². The number of likely N-dealkylation sites (tertiary alicyclic amines) is 1. The summed E-state index contributed by atoms with van der Waals surface area (Å²) in [5.74, 6) is -2.87. The van der Waals surface area contributed by atoms with Crippen LogP contribution in [0.1, 0.15) is 98.5 Å². The second-order valence-electron chi connectivity index (χ2n) is 13.8. The minimum Gasteiger partial charge on any atom is -0.461 e. The fourth-order valence-electron chi connectivity index (χ4n) is 5.57. The van der Waals surface area contributed by atoms with Crippen LogP contribution in [0.5, 0.6) is 0 Å². The smallest absolute Gasteiger partial charge is 0.312 e. The van der Waals surface area contributed by atoms with E-state index < -0.39 is 18.0 Å². The van der Waals surface area contributed by atoms with E-state index in [1.807, 2.05) is 27.7 Å². The zero-order chi connectivity index (χ0) is 36.7. The molecule has 1 aromatic rings. The van der Waals surface area contributed by atoms with E-state index in [9.17, 15) is 33.6 Å². The molecule has 1 heterocycles. The third kappa shape index (κ3) is 14.0. The lowest BCUT2D eigenvalue weighted by atomic mass is 9.89. The van der Waals surface area contributed by atoms with E-state index >= 15 is 0 Å². The number of hydrogen-bond donors (Lipinski definition) is 4. The summed E-state index contributed by atoms with van der Waals surface area (Å²) in [6, 6.07) is 5.36. The van der Waals surface area contributed by atoms with Crippen molar-refractivity contribution in [1.82, 2.24) is 15.5 Å². The number of esters is 1. The van der Waals surface area contributed by atoms with Crippen molar-refractivity contribution in [3.63, 3.8) is 0 Å². The second kappa shape index (κ2) is 20.3. The third-order valence-electron chi connectivity index (χ3n) is 8.62. The number of unbranched alkanes of at least 4 members (excludes halogenated alkanes) is 2. The Labute approximate surface area is 289 Å². The van der Waals surface area contributed by atoms with Crippen molar-refractivity contribution >= 4 is 47.1 Å². The zero-order valence-corrected chi connectivity index (χ0v) is 29.8. The zero-order valence-electron chi connectivity index (χ0n) is 29.8. The van der Waals surface area contributed by atoms with Crippen LogP contribution >= 0.6 is 0 Å². The Morgan fingerprint density at radius 1 is 0.939 bits per heavy atom. The first kappa shape index (κ1) is 40.9. The Morgan fingerprint density at radius 2 is 1.61 bits per heavy atom. The van der Waals surface area contributed by atoms with Crippen LogP contribution in [-0.4, -0.2) is 65.4 Å². The lowest BCUT2D eigenvalue weighted by molar-refractivity contribution is -0.148. The van der Waals surface area contributed by atoms with Gasteiger partial charge in [-0.25, -0.2) is 4.79 Å². The van der Waals surface area contributed by atoms with Gasteiger partial charge in [-0.3, -0.25) is 33.7 Å². The highest BCUT2D eigenvalue weighted by molar-refractivity contribution is 6.03. The van der Waals surface area contributed by atoms with Crippen molar-refractivity contribution in [1.29, 1.82) is 0 Å². The fourth-order valence-corrected chi connectivity index (χ4v) is 5.57. The summed E-state index contributed by atoms with van der Waals surface area (Å²) in [5.41, 5.74) is 6.42. The number of carbonyl (C=O) groups excluding carboxylic acids is 7. The van der Waals surface area contributed by atoms with Crippen LogP contribution in [-0.2, 0) is 40.1 Å². The molecule has 1 saturated heterocycles. The number of carbonyl (C=O) groups is 7. The molecule has 13 nitrogen and oxygen atoms in total.